The van der Waals surface area contributed by atoms with Crippen molar-refractivity contribution >= 4 is 28.6 Å². The van der Waals surface area contributed by atoms with Crippen molar-refractivity contribution in [3.63, 3.8) is 0 Å². The number of thioether (sulfide) groups is 1. The molecule has 0 atom stereocenters. The number of rotatable bonds is 7. The first kappa shape index (κ1) is 18.3. The third kappa shape index (κ3) is 4.44. The van der Waals surface area contributed by atoms with Crippen LogP contribution in [-0.4, -0.2) is 29.3 Å². The van der Waals surface area contributed by atoms with Crippen molar-refractivity contribution in [3.05, 3.63) is 65.7 Å². The van der Waals surface area contributed by atoms with Crippen LogP contribution in [0.25, 0.3) is 10.9 Å². The number of ether oxygens (including phenoxy) is 1. The summed E-state index contributed by atoms with van der Waals surface area (Å²) in [6.45, 7) is 0.484. The lowest BCUT2D eigenvalue weighted by molar-refractivity contribution is 0.0952. The van der Waals surface area contributed by atoms with Crippen molar-refractivity contribution in [1.29, 1.82) is 5.26 Å². The zero-order valence-electron chi connectivity index (χ0n) is 15.2. The molecule has 0 spiro atoms. The highest BCUT2D eigenvalue weighted by atomic mass is 32.2. The fourth-order valence-corrected chi connectivity index (χ4v) is 3.60. The lowest BCUT2D eigenvalue weighted by Gasteiger charge is -2.10. The van der Waals surface area contributed by atoms with Crippen LogP contribution in [0.3, 0.4) is 0 Å². The molecule has 140 valence electrons. The third-order valence-corrected chi connectivity index (χ3v) is 5.29. The van der Waals surface area contributed by atoms with Crippen LogP contribution in [0.15, 0.2) is 59.6 Å². The number of hydrogen-bond acceptors (Lipinski definition) is 5. The van der Waals surface area contributed by atoms with Crippen LogP contribution in [0.4, 0.5) is 0 Å². The molecule has 28 heavy (non-hydrogen) atoms. The van der Waals surface area contributed by atoms with E-state index in [1.54, 1.807) is 30.0 Å². The van der Waals surface area contributed by atoms with Gasteiger partial charge in [-0.25, -0.2) is 4.98 Å². The van der Waals surface area contributed by atoms with E-state index < -0.39 is 0 Å². The minimum atomic E-state index is -0.0347. The Hall–Kier alpha value is -3.04. The van der Waals surface area contributed by atoms with Gasteiger partial charge < -0.3 is 10.1 Å². The lowest BCUT2D eigenvalue weighted by Crippen LogP contribution is -2.25. The summed E-state index contributed by atoms with van der Waals surface area (Å²) in [5.74, 6) is 1.33. The largest absolute Gasteiger partial charge is 0.493 e. The van der Waals surface area contributed by atoms with Crippen LogP contribution >= 0.6 is 11.8 Å². The Morgan fingerprint density at radius 3 is 2.89 bits per heavy atom. The van der Waals surface area contributed by atoms with Crippen LogP contribution in [0.2, 0.25) is 0 Å². The lowest BCUT2D eigenvalue weighted by atomic mass is 10.1. The van der Waals surface area contributed by atoms with Crippen molar-refractivity contribution in [3.8, 4) is 11.8 Å². The number of carbonyl (C=O) groups excluding carboxylic acids is 1. The van der Waals surface area contributed by atoms with E-state index in [1.807, 2.05) is 36.4 Å². The highest BCUT2D eigenvalue weighted by Crippen LogP contribution is 2.26. The number of amides is 1. The topological polar surface area (TPSA) is 75.0 Å². The molecule has 1 saturated carbocycles. The Bertz CT molecular complexity index is 1060. The molecule has 3 aromatic rings. The molecule has 1 amide bonds. The summed E-state index contributed by atoms with van der Waals surface area (Å²) in [7, 11) is 0. The van der Waals surface area contributed by atoms with E-state index in [0.29, 0.717) is 35.3 Å². The molecule has 1 heterocycles. The molecule has 5 nitrogen and oxygen atoms in total. The van der Waals surface area contributed by atoms with Gasteiger partial charge in [0.25, 0.3) is 5.91 Å². The Morgan fingerprint density at radius 2 is 2.07 bits per heavy atom. The SMILES string of the molecule is N#Cc1cccc(OCCSc2cc(C(=O)NC3CC3)c3ccccc3n2)c1. The fraction of sp³-hybridized carbons (Fsp3) is 0.227. The second kappa shape index (κ2) is 8.32. The summed E-state index contributed by atoms with van der Waals surface area (Å²) in [5.41, 5.74) is 2.06. The number of benzene rings is 2. The molecule has 1 N–H and O–H groups in total. The zero-order chi connectivity index (χ0) is 19.3. The van der Waals surface area contributed by atoms with Gasteiger partial charge in [-0.1, -0.05) is 24.3 Å². The van der Waals surface area contributed by atoms with Crippen LogP contribution in [-0.2, 0) is 0 Å². The molecular formula is C22H19N3O2S. The van der Waals surface area contributed by atoms with E-state index in [2.05, 4.69) is 16.4 Å². The number of pyridine rings is 1. The number of carbonyl (C=O) groups is 1. The number of nitrogens with zero attached hydrogens (tertiary/aromatic N) is 2. The van der Waals surface area contributed by atoms with Gasteiger partial charge in [0.1, 0.15) is 5.75 Å². The van der Waals surface area contributed by atoms with E-state index >= 15 is 0 Å². The smallest absolute Gasteiger partial charge is 0.252 e. The van der Waals surface area contributed by atoms with Crippen LogP contribution in [0.1, 0.15) is 28.8 Å². The van der Waals surface area contributed by atoms with Crippen molar-refractivity contribution in [1.82, 2.24) is 10.3 Å². The van der Waals surface area contributed by atoms with E-state index in [9.17, 15) is 4.79 Å². The first-order valence-electron chi connectivity index (χ1n) is 9.19. The highest BCUT2D eigenvalue weighted by Gasteiger charge is 2.25. The number of nitriles is 1. The quantitative estimate of drug-likeness (QED) is 0.485. The van der Waals surface area contributed by atoms with E-state index in [0.717, 1.165) is 28.8 Å². The number of aromatic nitrogens is 1. The van der Waals surface area contributed by atoms with Gasteiger partial charge in [0.2, 0.25) is 0 Å². The molecular weight excluding hydrogens is 370 g/mol. The molecule has 1 aliphatic rings. The summed E-state index contributed by atoms with van der Waals surface area (Å²) in [6, 6.07) is 19.1. The van der Waals surface area contributed by atoms with Crippen molar-refractivity contribution in [2.45, 2.75) is 23.9 Å². The summed E-state index contributed by atoms with van der Waals surface area (Å²) < 4.78 is 5.72. The molecule has 1 fully saturated rings. The first-order chi connectivity index (χ1) is 13.7. The maximum absolute atomic E-state index is 12.6. The van der Waals surface area contributed by atoms with Crippen LogP contribution in [0, 0.1) is 11.3 Å². The average molecular weight is 389 g/mol. The molecule has 1 aliphatic carbocycles. The Labute approximate surface area is 167 Å². The minimum absolute atomic E-state index is 0.0347. The first-order valence-corrected chi connectivity index (χ1v) is 10.2. The van der Waals surface area contributed by atoms with Gasteiger partial charge in [0.05, 0.1) is 34.3 Å². The number of fused-ring (bicyclic) bond motifs is 1. The third-order valence-electron chi connectivity index (χ3n) is 4.42. The van der Waals surface area contributed by atoms with Crippen molar-refractivity contribution < 1.29 is 9.53 Å². The number of para-hydroxylation sites is 1. The molecule has 2 aromatic carbocycles. The second-order valence-corrected chi connectivity index (χ2v) is 7.72. The molecule has 0 saturated heterocycles. The van der Waals surface area contributed by atoms with E-state index in [-0.39, 0.29) is 5.91 Å². The van der Waals surface area contributed by atoms with Gasteiger partial charge in [-0.15, -0.1) is 11.8 Å². The maximum Gasteiger partial charge on any atom is 0.252 e. The predicted octanol–water partition coefficient (Wildman–Crippen LogP) is 4.17. The van der Waals surface area contributed by atoms with Gasteiger partial charge in [-0.05, 0) is 43.2 Å². The molecule has 1 aromatic heterocycles. The standard InChI is InChI=1S/C22H19N3O2S/c23-14-15-4-3-5-17(12-15)27-10-11-28-21-13-19(22(26)24-16-8-9-16)18-6-1-2-7-20(18)25-21/h1-7,12-13,16H,8-11H2,(H,24,26). The van der Waals surface area contributed by atoms with Crippen molar-refractivity contribution in [2.24, 2.45) is 0 Å². The zero-order valence-corrected chi connectivity index (χ0v) is 16.0. The Morgan fingerprint density at radius 1 is 1.21 bits per heavy atom. The van der Waals surface area contributed by atoms with E-state index in [4.69, 9.17) is 10.00 Å². The van der Waals surface area contributed by atoms with Crippen molar-refractivity contribution in [2.75, 3.05) is 12.4 Å². The molecule has 0 bridgehead atoms. The van der Waals surface area contributed by atoms with Crippen LogP contribution in [0.5, 0.6) is 5.75 Å². The van der Waals surface area contributed by atoms with Gasteiger partial charge in [0.15, 0.2) is 0 Å². The maximum atomic E-state index is 12.6. The normalized spacial score (nSPS) is 13.1. The highest BCUT2D eigenvalue weighted by molar-refractivity contribution is 7.99. The van der Waals surface area contributed by atoms with E-state index in [1.165, 1.54) is 0 Å². The average Bonchev–Trinajstić information content (AvgIpc) is 3.54. The van der Waals surface area contributed by atoms with Gasteiger partial charge >= 0.3 is 0 Å². The Kier molecular flexibility index (Phi) is 5.45. The van der Waals surface area contributed by atoms with Gasteiger partial charge in [0, 0.05) is 17.2 Å². The predicted molar refractivity (Wildman–Crippen MR) is 110 cm³/mol. The molecule has 4 rings (SSSR count). The summed E-state index contributed by atoms with van der Waals surface area (Å²) in [4.78, 5) is 17.3. The monoisotopic (exact) mass is 389 g/mol. The number of nitrogens with one attached hydrogen (secondary N) is 1. The number of hydrogen-bond donors (Lipinski definition) is 1. The molecule has 0 aliphatic heterocycles. The minimum Gasteiger partial charge on any atom is -0.493 e. The second-order valence-electron chi connectivity index (χ2n) is 6.61. The fourth-order valence-electron chi connectivity index (χ4n) is 2.86. The van der Waals surface area contributed by atoms with Gasteiger partial charge in [-0.3, -0.25) is 4.79 Å². The molecule has 0 radical (unpaired) electrons. The van der Waals surface area contributed by atoms with Gasteiger partial charge in [-0.2, -0.15) is 5.26 Å². The summed E-state index contributed by atoms with van der Waals surface area (Å²) in [6.07, 6.45) is 2.11. The van der Waals surface area contributed by atoms with Crippen LogP contribution < -0.4 is 10.1 Å². The molecule has 0 unspecified atom stereocenters. The molecule has 6 heteroatoms. The summed E-state index contributed by atoms with van der Waals surface area (Å²) >= 11 is 1.55. The summed E-state index contributed by atoms with van der Waals surface area (Å²) in [5, 5.41) is 13.7. The Balaban J connectivity index is 1.44.